The Balaban J connectivity index is 1.97. The maximum absolute atomic E-state index is 5.49. The fourth-order valence-electron chi connectivity index (χ4n) is 1.95. The zero-order valence-electron chi connectivity index (χ0n) is 11.2. The number of nitrogens with one attached hydrogen (secondary N) is 1. The van der Waals surface area contributed by atoms with Gasteiger partial charge in [-0.1, -0.05) is 37.5 Å². The third-order valence-corrected chi connectivity index (χ3v) is 2.99. The molecule has 0 amide bonds. The number of benzene rings is 1. The van der Waals surface area contributed by atoms with Gasteiger partial charge in [-0.15, -0.1) is 6.42 Å². The molecule has 2 aromatic rings. The van der Waals surface area contributed by atoms with E-state index in [4.69, 9.17) is 6.42 Å². The van der Waals surface area contributed by atoms with E-state index < -0.39 is 0 Å². The molecule has 1 unspecified atom stereocenters. The van der Waals surface area contributed by atoms with E-state index in [0.29, 0.717) is 0 Å². The summed E-state index contributed by atoms with van der Waals surface area (Å²) in [5.41, 5.74) is 2.20. The molecule has 1 atom stereocenters. The Bertz CT molecular complexity index is 537. The lowest BCUT2D eigenvalue weighted by Gasteiger charge is -2.10. The second-order valence-corrected chi connectivity index (χ2v) is 4.52. The van der Waals surface area contributed by atoms with Gasteiger partial charge in [0.2, 0.25) is 0 Å². The summed E-state index contributed by atoms with van der Waals surface area (Å²) in [6, 6.07) is 10.2. The Morgan fingerprint density at radius 1 is 1.37 bits per heavy atom. The van der Waals surface area contributed by atoms with Gasteiger partial charge >= 0.3 is 0 Å². The van der Waals surface area contributed by atoms with E-state index in [0.717, 1.165) is 30.6 Å². The molecule has 0 saturated heterocycles. The molecule has 0 aliphatic carbocycles. The molecule has 1 heterocycles. The fraction of sp³-hybridized carbons (Fsp3) is 0.312. The van der Waals surface area contributed by atoms with Gasteiger partial charge < -0.3 is 0 Å². The number of aromatic nitrogens is 2. The molecule has 2 rings (SSSR count). The number of terminal acetylenes is 1. The van der Waals surface area contributed by atoms with Crippen molar-refractivity contribution in [3.8, 4) is 18.0 Å². The molecule has 3 heteroatoms. The van der Waals surface area contributed by atoms with Gasteiger partial charge in [-0.25, -0.2) is 4.68 Å². The monoisotopic (exact) mass is 253 g/mol. The second-order valence-electron chi connectivity index (χ2n) is 4.52. The number of hydrogen-bond donors (Lipinski definition) is 1. The van der Waals surface area contributed by atoms with Crippen molar-refractivity contribution in [2.45, 2.75) is 32.4 Å². The first-order valence-corrected chi connectivity index (χ1v) is 6.62. The van der Waals surface area contributed by atoms with Crippen molar-refractivity contribution >= 4 is 0 Å². The summed E-state index contributed by atoms with van der Waals surface area (Å²) in [5, 5.41) is 7.72. The molecule has 3 nitrogen and oxygen atoms in total. The minimum atomic E-state index is 0.144. The zero-order chi connectivity index (χ0) is 13.5. The third kappa shape index (κ3) is 3.70. The van der Waals surface area contributed by atoms with Crippen LogP contribution in [-0.2, 0) is 6.54 Å². The molecule has 0 fully saturated rings. The molecule has 0 spiro atoms. The molecular formula is C16H19N3. The van der Waals surface area contributed by atoms with Crippen molar-refractivity contribution in [1.82, 2.24) is 15.1 Å². The Morgan fingerprint density at radius 3 is 2.84 bits per heavy atom. The molecule has 0 radical (unpaired) electrons. The minimum Gasteiger partial charge on any atom is -0.299 e. The van der Waals surface area contributed by atoms with Gasteiger partial charge in [0.1, 0.15) is 0 Å². The predicted molar refractivity (Wildman–Crippen MR) is 77.9 cm³/mol. The topological polar surface area (TPSA) is 29.9 Å². The Kier molecular flexibility index (Phi) is 4.77. The van der Waals surface area contributed by atoms with Crippen LogP contribution in [0.4, 0.5) is 0 Å². The van der Waals surface area contributed by atoms with Crippen LogP contribution < -0.4 is 5.32 Å². The van der Waals surface area contributed by atoms with Crippen molar-refractivity contribution in [3.05, 3.63) is 48.3 Å². The normalized spacial score (nSPS) is 12.0. The van der Waals surface area contributed by atoms with E-state index in [1.807, 2.05) is 47.4 Å². The zero-order valence-corrected chi connectivity index (χ0v) is 11.2. The lowest BCUT2D eigenvalue weighted by molar-refractivity contribution is 0.563. The van der Waals surface area contributed by atoms with Crippen molar-refractivity contribution in [2.24, 2.45) is 0 Å². The van der Waals surface area contributed by atoms with Crippen LogP contribution in [-0.4, -0.2) is 15.8 Å². The SMILES string of the molecule is C#CC(CCC)NCc1cnn(-c2ccccc2)c1. The summed E-state index contributed by atoms with van der Waals surface area (Å²) in [6.07, 6.45) is 11.5. The minimum absolute atomic E-state index is 0.144. The third-order valence-electron chi connectivity index (χ3n) is 2.99. The van der Waals surface area contributed by atoms with E-state index in [-0.39, 0.29) is 6.04 Å². The maximum atomic E-state index is 5.49. The van der Waals surface area contributed by atoms with E-state index in [1.165, 1.54) is 0 Å². The van der Waals surface area contributed by atoms with Gasteiger partial charge in [-0.05, 0) is 18.6 Å². The summed E-state index contributed by atoms with van der Waals surface area (Å²) in [6.45, 7) is 2.89. The quantitative estimate of drug-likeness (QED) is 0.802. The molecule has 0 saturated carbocycles. The van der Waals surface area contributed by atoms with Gasteiger partial charge in [0.15, 0.2) is 0 Å². The van der Waals surface area contributed by atoms with Gasteiger partial charge in [-0.2, -0.15) is 5.10 Å². The first kappa shape index (κ1) is 13.4. The molecule has 98 valence electrons. The summed E-state index contributed by atoms with van der Waals surface area (Å²) < 4.78 is 1.88. The van der Waals surface area contributed by atoms with Gasteiger partial charge in [0, 0.05) is 18.3 Å². The summed E-state index contributed by atoms with van der Waals surface area (Å²) >= 11 is 0. The van der Waals surface area contributed by atoms with Gasteiger partial charge in [0.25, 0.3) is 0 Å². The molecule has 0 bridgehead atoms. The van der Waals surface area contributed by atoms with Crippen molar-refractivity contribution in [1.29, 1.82) is 0 Å². The van der Waals surface area contributed by atoms with Crippen LogP contribution in [0.15, 0.2) is 42.7 Å². The van der Waals surface area contributed by atoms with E-state index in [9.17, 15) is 0 Å². The highest BCUT2D eigenvalue weighted by Crippen LogP contribution is 2.08. The molecule has 0 aliphatic rings. The molecule has 1 aromatic heterocycles. The van der Waals surface area contributed by atoms with Crippen LogP contribution in [0.25, 0.3) is 5.69 Å². The molecule has 0 aliphatic heterocycles. The highest BCUT2D eigenvalue weighted by molar-refractivity contribution is 5.30. The largest absolute Gasteiger partial charge is 0.299 e. The van der Waals surface area contributed by atoms with E-state index in [2.05, 4.69) is 23.3 Å². The maximum Gasteiger partial charge on any atom is 0.0689 e. The van der Waals surface area contributed by atoms with Gasteiger partial charge in [0.05, 0.1) is 17.9 Å². The molecule has 19 heavy (non-hydrogen) atoms. The fourth-order valence-corrected chi connectivity index (χ4v) is 1.95. The number of rotatable bonds is 6. The highest BCUT2D eigenvalue weighted by atomic mass is 15.3. The average Bonchev–Trinajstić information content (AvgIpc) is 2.93. The Labute approximate surface area is 114 Å². The van der Waals surface area contributed by atoms with Crippen LogP contribution in [0.2, 0.25) is 0 Å². The second kappa shape index (κ2) is 6.77. The van der Waals surface area contributed by atoms with Crippen LogP contribution in [0.3, 0.4) is 0 Å². The Morgan fingerprint density at radius 2 is 2.16 bits per heavy atom. The Hall–Kier alpha value is -2.05. The summed E-state index contributed by atoms with van der Waals surface area (Å²) in [4.78, 5) is 0. The van der Waals surface area contributed by atoms with E-state index in [1.54, 1.807) is 0 Å². The van der Waals surface area contributed by atoms with Crippen molar-refractivity contribution in [2.75, 3.05) is 0 Å². The standard InChI is InChI=1S/C16H19N3/c1-3-8-15(4-2)17-11-14-12-18-19(13-14)16-9-6-5-7-10-16/h2,5-7,9-10,12-13,15,17H,3,8,11H2,1H3. The number of hydrogen-bond acceptors (Lipinski definition) is 2. The summed E-state index contributed by atoms with van der Waals surface area (Å²) in [7, 11) is 0. The van der Waals surface area contributed by atoms with Gasteiger partial charge in [-0.3, -0.25) is 5.32 Å². The summed E-state index contributed by atoms with van der Waals surface area (Å²) in [5.74, 6) is 2.77. The lowest BCUT2D eigenvalue weighted by Crippen LogP contribution is -2.26. The lowest BCUT2D eigenvalue weighted by atomic mass is 10.2. The molecule has 1 N–H and O–H groups in total. The number of para-hydroxylation sites is 1. The van der Waals surface area contributed by atoms with E-state index >= 15 is 0 Å². The first-order chi connectivity index (χ1) is 9.33. The molecule has 1 aromatic carbocycles. The predicted octanol–water partition coefficient (Wildman–Crippen LogP) is 2.76. The van der Waals surface area contributed by atoms with Crippen molar-refractivity contribution < 1.29 is 0 Å². The van der Waals surface area contributed by atoms with Crippen molar-refractivity contribution in [3.63, 3.8) is 0 Å². The smallest absolute Gasteiger partial charge is 0.0689 e. The average molecular weight is 253 g/mol. The first-order valence-electron chi connectivity index (χ1n) is 6.62. The molecular weight excluding hydrogens is 234 g/mol. The number of nitrogens with zero attached hydrogens (tertiary/aromatic N) is 2. The van der Waals surface area contributed by atoms with Crippen LogP contribution >= 0.6 is 0 Å². The van der Waals surface area contributed by atoms with Crippen LogP contribution in [0.1, 0.15) is 25.3 Å². The van der Waals surface area contributed by atoms with Crippen LogP contribution in [0, 0.1) is 12.3 Å². The van der Waals surface area contributed by atoms with Crippen LogP contribution in [0.5, 0.6) is 0 Å². The highest BCUT2D eigenvalue weighted by Gasteiger charge is 2.04.